The Kier molecular flexibility index (Phi) is 5.99. The van der Waals surface area contributed by atoms with Crippen molar-refractivity contribution in [2.45, 2.75) is 19.4 Å². The molecule has 0 unspecified atom stereocenters. The maximum Gasteiger partial charge on any atom is 0.255 e. The largest absolute Gasteiger partial charge is 0.354 e. The van der Waals surface area contributed by atoms with E-state index >= 15 is 0 Å². The molecule has 1 aromatic heterocycles. The second kappa shape index (κ2) is 9.23. The van der Waals surface area contributed by atoms with Crippen molar-refractivity contribution in [3.63, 3.8) is 0 Å². The van der Waals surface area contributed by atoms with Crippen molar-refractivity contribution in [2.75, 3.05) is 37.4 Å². The Hall–Kier alpha value is -3.77. The number of likely N-dealkylation sites (N-methyl/N-ethyl adjacent to an activating group) is 1. The van der Waals surface area contributed by atoms with Crippen LogP contribution in [0.4, 0.5) is 11.5 Å². The Morgan fingerprint density at radius 3 is 2.35 bits per heavy atom. The van der Waals surface area contributed by atoms with Crippen LogP contribution in [0.5, 0.6) is 0 Å². The number of rotatable bonds is 5. The molecule has 1 atom stereocenters. The molecule has 0 saturated carbocycles. The molecule has 6 nitrogen and oxygen atoms in total. The van der Waals surface area contributed by atoms with Crippen LogP contribution in [-0.2, 0) is 0 Å². The molecule has 0 spiro atoms. The Labute approximate surface area is 200 Å². The monoisotopic (exact) mass is 451 g/mol. The van der Waals surface area contributed by atoms with Crippen molar-refractivity contribution in [3.8, 4) is 11.1 Å². The highest BCUT2D eigenvalue weighted by Gasteiger charge is 2.25. The predicted molar refractivity (Wildman–Crippen MR) is 138 cm³/mol. The molecule has 0 bridgehead atoms. The lowest BCUT2D eigenvalue weighted by Gasteiger charge is -2.21. The van der Waals surface area contributed by atoms with Gasteiger partial charge in [0.05, 0.1) is 17.2 Å². The first-order valence-electron chi connectivity index (χ1n) is 11.6. The van der Waals surface area contributed by atoms with Gasteiger partial charge in [-0.1, -0.05) is 42.0 Å². The number of aromatic nitrogens is 2. The van der Waals surface area contributed by atoms with E-state index in [0.29, 0.717) is 17.3 Å². The van der Waals surface area contributed by atoms with E-state index in [0.717, 1.165) is 47.5 Å². The van der Waals surface area contributed by atoms with Gasteiger partial charge in [0.25, 0.3) is 5.91 Å². The summed E-state index contributed by atoms with van der Waals surface area (Å²) < 4.78 is 0. The molecule has 6 heteroatoms. The Balaban J connectivity index is 1.28. The molecule has 1 amide bonds. The minimum Gasteiger partial charge on any atom is -0.354 e. The highest BCUT2D eigenvalue weighted by Crippen LogP contribution is 2.24. The van der Waals surface area contributed by atoms with E-state index in [9.17, 15) is 4.79 Å². The third-order valence-electron chi connectivity index (χ3n) is 6.54. The van der Waals surface area contributed by atoms with Crippen molar-refractivity contribution in [1.82, 2.24) is 14.9 Å². The standard InChI is InChI=1S/C28H29N5O/c1-19-4-6-20(7-5-19)21-8-10-22(11-9-21)28(34)30-23-12-13-25-26(16-23)29-17-27(31-25)33-15-14-24(18-33)32(2)3/h4-13,16-17,24H,14-15,18H2,1-3H3,(H,30,34)/t24-/m0/s1. The Morgan fingerprint density at radius 1 is 0.971 bits per heavy atom. The molecule has 1 N–H and O–H groups in total. The molecule has 2 heterocycles. The summed E-state index contributed by atoms with van der Waals surface area (Å²) in [6, 6.07) is 22.3. The molecule has 5 rings (SSSR count). The van der Waals surface area contributed by atoms with E-state index < -0.39 is 0 Å². The highest BCUT2D eigenvalue weighted by atomic mass is 16.1. The number of nitrogens with one attached hydrogen (secondary N) is 1. The lowest BCUT2D eigenvalue weighted by atomic mass is 10.0. The zero-order valence-electron chi connectivity index (χ0n) is 19.8. The van der Waals surface area contributed by atoms with Gasteiger partial charge in [-0.2, -0.15) is 0 Å². The smallest absolute Gasteiger partial charge is 0.255 e. The first kappa shape index (κ1) is 22.0. The number of carbonyl (C=O) groups excluding carboxylic acids is 1. The summed E-state index contributed by atoms with van der Waals surface area (Å²) in [7, 11) is 4.24. The van der Waals surface area contributed by atoms with Crippen molar-refractivity contribution in [3.05, 3.63) is 84.1 Å². The molecule has 4 aromatic rings. The van der Waals surface area contributed by atoms with E-state index in [1.54, 1.807) is 0 Å². The number of aryl methyl sites for hydroxylation is 1. The van der Waals surface area contributed by atoms with Crippen LogP contribution in [0.2, 0.25) is 0 Å². The summed E-state index contributed by atoms with van der Waals surface area (Å²) in [6.45, 7) is 4.02. The maximum atomic E-state index is 12.8. The van der Waals surface area contributed by atoms with Crippen LogP contribution >= 0.6 is 0 Å². The van der Waals surface area contributed by atoms with Crippen LogP contribution in [0.3, 0.4) is 0 Å². The fourth-order valence-electron chi connectivity index (χ4n) is 4.37. The Morgan fingerprint density at radius 2 is 1.68 bits per heavy atom. The topological polar surface area (TPSA) is 61.4 Å². The third-order valence-corrected chi connectivity index (χ3v) is 6.54. The molecule has 172 valence electrons. The van der Waals surface area contributed by atoms with Gasteiger partial charge in [0.2, 0.25) is 0 Å². The first-order valence-corrected chi connectivity index (χ1v) is 11.6. The molecule has 1 aliphatic heterocycles. The van der Waals surface area contributed by atoms with E-state index in [1.165, 1.54) is 5.56 Å². The van der Waals surface area contributed by atoms with Gasteiger partial charge in [-0.05, 0) is 68.9 Å². The summed E-state index contributed by atoms with van der Waals surface area (Å²) in [5.74, 6) is 0.758. The molecule has 1 saturated heterocycles. The van der Waals surface area contributed by atoms with Gasteiger partial charge in [-0.15, -0.1) is 0 Å². The summed E-state index contributed by atoms with van der Waals surface area (Å²) in [5.41, 5.74) is 6.35. The third kappa shape index (κ3) is 4.63. The fourth-order valence-corrected chi connectivity index (χ4v) is 4.37. The van der Waals surface area contributed by atoms with Crippen molar-refractivity contribution in [2.24, 2.45) is 0 Å². The number of carbonyl (C=O) groups is 1. The van der Waals surface area contributed by atoms with E-state index in [4.69, 9.17) is 4.98 Å². The minimum atomic E-state index is -0.147. The number of hydrogen-bond donors (Lipinski definition) is 1. The summed E-state index contributed by atoms with van der Waals surface area (Å²) in [5, 5.41) is 2.98. The van der Waals surface area contributed by atoms with Crippen LogP contribution in [0.15, 0.2) is 72.9 Å². The van der Waals surface area contributed by atoms with Gasteiger partial charge in [0, 0.05) is 30.4 Å². The van der Waals surface area contributed by atoms with Gasteiger partial charge in [-0.25, -0.2) is 4.98 Å². The normalized spacial score (nSPS) is 15.8. The van der Waals surface area contributed by atoms with Gasteiger partial charge in [-0.3, -0.25) is 9.78 Å². The molecule has 0 radical (unpaired) electrons. The first-order chi connectivity index (χ1) is 16.5. The lowest BCUT2D eigenvalue weighted by Crippen LogP contribution is -2.31. The van der Waals surface area contributed by atoms with E-state index in [1.807, 2.05) is 48.7 Å². The number of fused-ring (bicyclic) bond motifs is 1. The molecular weight excluding hydrogens is 422 g/mol. The molecular formula is C28H29N5O. The number of benzene rings is 3. The molecule has 3 aromatic carbocycles. The van der Waals surface area contributed by atoms with Gasteiger partial charge < -0.3 is 15.1 Å². The second-order valence-corrected chi connectivity index (χ2v) is 9.18. The molecule has 34 heavy (non-hydrogen) atoms. The zero-order valence-corrected chi connectivity index (χ0v) is 19.8. The number of anilines is 2. The van der Waals surface area contributed by atoms with Gasteiger partial charge in [0.15, 0.2) is 0 Å². The summed E-state index contributed by atoms with van der Waals surface area (Å²) in [6.07, 6.45) is 2.96. The highest BCUT2D eigenvalue weighted by molar-refractivity contribution is 6.05. The van der Waals surface area contributed by atoms with Crippen molar-refractivity contribution < 1.29 is 4.79 Å². The number of nitrogens with zero attached hydrogens (tertiary/aromatic N) is 4. The van der Waals surface area contributed by atoms with Crippen LogP contribution < -0.4 is 10.2 Å². The van der Waals surface area contributed by atoms with Gasteiger partial charge >= 0.3 is 0 Å². The quantitative estimate of drug-likeness (QED) is 0.463. The number of amides is 1. The SMILES string of the molecule is Cc1ccc(-c2ccc(C(=O)Nc3ccc4nc(N5CC[C@H](N(C)C)C5)cnc4c3)cc2)cc1. The van der Waals surface area contributed by atoms with Gasteiger partial charge in [0.1, 0.15) is 5.82 Å². The number of hydrogen-bond acceptors (Lipinski definition) is 5. The average molecular weight is 452 g/mol. The Bertz CT molecular complexity index is 1320. The summed E-state index contributed by atoms with van der Waals surface area (Å²) >= 11 is 0. The average Bonchev–Trinajstić information content (AvgIpc) is 3.35. The fraction of sp³-hybridized carbons (Fsp3) is 0.250. The van der Waals surface area contributed by atoms with Crippen LogP contribution in [0, 0.1) is 6.92 Å². The van der Waals surface area contributed by atoms with Crippen LogP contribution in [-0.4, -0.2) is 54.0 Å². The minimum absolute atomic E-state index is 0.147. The van der Waals surface area contributed by atoms with Crippen LogP contribution in [0.25, 0.3) is 22.2 Å². The lowest BCUT2D eigenvalue weighted by molar-refractivity contribution is 0.102. The summed E-state index contributed by atoms with van der Waals surface area (Å²) in [4.78, 5) is 26.8. The second-order valence-electron chi connectivity index (χ2n) is 9.18. The molecule has 0 aliphatic carbocycles. The van der Waals surface area contributed by atoms with E-state index in [2.05, 4.69) is 65.4 Å². The zero-order chi connectivity index (χ0) is 23.7. The van der Waals surface area contributed by atoms with Crippen LogP contribution in [0.1, 0.15) is 22.3 Å². The van der Waals surface area contributed by atoms with E-state index in [-0.39, 0.29) is 5.91 Å². The van der Waals surface area contributed by atoms with Crippen molar-refractivity contribution >= 4 is 28.4 Å². The molecule has 1 aliphatic rings. The van der Waals surface area contributed by atoms with Crippen molar-refractivity contribution in [1.29, 1.82) is 0 Å². The molecule has 1 fully saturated rings. The maximum absolute atomic E-state index is 12.8. The predicted octanol–water partition coefficient (Wildman–Crippen LogP) is 5.00.